The number of non-ortho nitro benzene ring substituents is 1. The fourth-order valence-corrected chi connectivity index (χ4v) is 1.81. The molecule has 2 heterocycles. The largest absolute Gasteiger partial charge is 0.493 e. The van der Waals surface area contributed by atoms with Crippen molar-refractivity contribution in [2.45, 2.75) is 0 Å². The number of imidazole rings is 1. The molecule has 0 aliphatic carbocycles. The number of nitrogens with zero attached hydrogens (tertiary/aromatic N) is 4. The standard InChI is InChI=1S/C12H8N4O3/c17-11-10(14-12-13-6-1-7-15(11)12)8-2-4-9(5-3-8)16(18)19/h1-7,17H. The van der Waals surface area contributed by atoms with Crippen molar-refractivity contribution in [1.82, 2.24) is 14.4 Å². The molecular weight excluding hydrogens is 248 g/mol. The van der Waals surface area contributed by atoms with Crippen molar-refractivity contribution in [1.29, 1.82) is 0 Å². The molecule has 0 atom stereocenters. The minimum atomic E-state index is -0.477. The number of aromatic nitrogens is 3. The Hall–Kier alpha value is -2.96. The molecule has 0 fully saturated rings. The summed E-state index contributed by atoms with van der Waals surface area (Å²) in [6.45, 7) is 0. The van der Waals surface area contributed by atoms with E-state index in [1.807, 2.05) is 0 Å². The Bertz CT molecular complexity index is 764. The third kappa shape index (κ3) is 1.77. The second-order valence-corrected chi connectivity index (χ2v) is 3.88. The van der Waals surface area contributed by atoms with Crippen LogP contribution in [0.15, 0.2) is 42.7 Å². The van der Waals surface area contributed by atoms with Crippen molar-refractivity contribution in [3.8, 4) is 17.1 Å². The van der Waals surface area contributed by atoms with Crippen LogP contribution in [-0.4, -0.2) is 24.4 Å². The van der Waals surface area contributed by atoms with Crippen LogP contribution in [0.2, 0.25) is 0 Å². The van der Waals surface area contributed by atoms with Gasteiger partial charge in [0.2, 0.25) is 11.7 Å². The quantitative estimate of drug-likeness (QED) is 0.559. The second-order valence-electron chi connectivity index (χ2n) is 3.88. The van der Waals surface area contributed by atoms with E-state index >= 15 is 0 Å². The number of benzene rings is 1. The highest BCUT2D eigenvalue weighted by molar-refractivity contribution is 5.68. The van der Waals surface area contributed by atoms with Gasteiger partial charge in [-0.2, -0.15) is 0 Å². The van der Waals surface area contributed by atoms with E-state index in [1.54, 1.807) is 30.6 Å². The van der Waals surface area contributed by atoms with Crippen LogP contribution in [0.3, 0.4) is 0 Å². The van der Waals surface area contributed by atoms with Crippen molar-refractivity contribution < 1.29 is 10.0 Å². The van der Waals surface area contributed by atoms with Gasteiger partial charge in [-0.25, -0.2) is 9.97 Å². The van der Waals surface area contributed by atoms with Crippen molar-refractivity contribution >= 4 is 11.5 Å². The van der Waals surface area contributed by atoms with Crippen molar-refractivity contribution in [2.24, 2.45) is 0 Å². The van der Waals surface area contributed by atoms with E-state index in [9.17, 15) is 15.2 Å². The SMILES string of the molecule is O=[N+]([O-])c1ccc(-c2nc3ncccn3c2O)cc1. The highest BCUT2D eigenvalue weighted by Gasteiger charge is 2.14. The molecule has 0 saturated carbocycles. The first kappa shape index (κ1) is 11.1. The number of hydrogen-bond donors (Lipinski definition) is 1. The van der Waals surface area contributed by atoms with Crippen LogP contribution in [0.4, 0.5) is 5.69 Å². The Labute approximate surface area is 106 Å². The van der Waals surface area contributed by atoms with Crippen LogP contribution in [0.5, 0.6) is 5.88 Å². The Balaban J connectivity index is 2.13. The van der Waals surface area contributed by atoms with Crippen LogP contribution >= 0.6 is 0 Å². The molecule has 3 rings (SSSR count). The van der Waals surface area contributed by atoms with E-state index in [2.05, 4.69) is 9.97 Å². The summed E-state index contributed by atoms with van der Waals surface area (Å²) in [5.74, 6) is 0.324. The Morgan fingerprint density at radius 1 is 1.26 bits per heavy atom. The van der Waals surface area contributed by atoms with Gasteiger partial charge < -0.3 is 5.11 Å². The van der Waals surface area contributed by atoms with E-state index in [4.69, 9.17) is 0 Å². The van der Waals surface area contributed by atoms with Gasteiger partial charge in [0.15, 0.2) is 0 Å². The van der Waals surface area contributed by atoms with Gasteiger partial charge in [0, 0.05) is 30.1 Å². The highest BCUT2D eigenvalue weighted by Crippen LogP contribution is 2.29. The fourth-order valence-electron chi connectivity index (χ4n) is 1.81. The summed E-state index contributed by atoms with van der Waals surface area (Å²) in [6, 6.07) is 7.49. The lowest BCUT2D eigenvalue weighted by atomic mass is 10.1. The molecule has 3 aromatic rings. The molecule has 1 aromatic carbocycles. The number of fused-ring (bicyclic) bond motifs is 1. The molecule has 0 saturated heterocycles. The predicted molar refractivity (Wildman–Crippen MR) is 66.7 cm³/mol. The smallest absolute Gasteiger partial charge is 0.269 e. The summed E-state index contributed by atoms with van der Waals surface area (Å²) >= 11 is 0. The van der Waals surface area contributed by atoms with Crippen molar-refractivity contribution in [3.63, 3.8) is 0 Å². The summed E-state index contributed by atoms with van der Waals surface area (Å²) in [5, 5.41) is 20.6. The van der Waals surface area contributed by atoms with Gasteiger partial charge in [0.1, 0.15) is 5.69 Å². The molecule has 0 amide bonds. The van der Waals surface area contributed by atoms with E-state index in [0.717, 1.165) is 0 Å². The monoisotopic (exact) mass is 256 g/mol. The zero-order valence-electron chi connectivity index (χ0n) is 9.59. The predicted octanol–water partition coefficient (Wildman–Crippen LogP) is 2.01. The maximum Gasteiger partial charge on any atom is 0.269 e. The molecular formula is C12H8N4O3. The number of nitro benzene ring substituents is 1. The molecule has 0 aliphatic rings. The zero-order chi connectivity index (χ0) is 13.4. The lowest BCUT2D eigenvalue weighted by molar-refractivity contribution is -0.384. The van der Waals surface area contributed by atoms with Gasteiger partial charge in [-0.3, -0.25) is 14.5 Å². The van der Waals surface area contributed by atoms with Gasteiger partial charge in [-0.1, -0.05) is 0 Å². The first-order valence-electron chi connectivity index (χ1n) is 5.43. The molecule has 0 spiro atoms. The molecule has 1 N–H and O–H groups in total. The fraction of sp³-hybridized carbons (Fsp3) is 0. The van der Waals surface area contributed by atoms with Crippen molar-refractivity contribution in [2.75, 3.05) is 0 Å². The lowest BCUT2D eigenvalue weighted by Gasteiger charge is -1.97. The maximum absolute atomic E-state index is 10.6. The molecule has 19 heavy (non-hydrogen) atoms. The Morgan fingerprint density at radius 3 is 2.63 bits per heavy atom. The van der Waals surface area contributed by atoms with Gasteiger partial charge in [-0.15, -0.1) is 0 Å². The second kappa shape index (κ2) is 4.05. The van der Waals surface area contributed by atoms with E-state index in [-0.39, 0.29) is 11.6 Å². The molecule has 7 heteroatoms. The first-order chi connectivity index (χ1) is 9.16. The topological polar surface area (TPSA) is 93.6 Å². The van der Waals surface area contributed by atoms with Gasteiger partial charge in [0.25, 0.3) is 5.69 Å². The molecule has 0 unspecified atom stereocenters. The molecule has 7 nitrogen and oxygen atoms in total. The summed E-state index contributed by atoms with van der Waals surface area (Å²) in [5.41, 5.74) is 0.923. The van der Waals surface area contributed by atoms with Crippen LogP contribution < -0.4 is 0 Å². The molecule has 2 aromatic heterocycles. The number of rotatable bonds is 2. The minimum Gasteiger partial charge on any atom is -0.493 e. The summed E-state index contributed by atoms with van der Waals surface area (Å²) in [6.07, 6.45) is 3.21. The lowest BCUT2D eigenvalue weighted by Crippen LogP contribution is -1.87. The van der Waals surface area contributed by atoms with Gasteiger partial charge in [-0.05, 0) is 18.2 Å². The zero-order valence-corrected chi connectivity index (χ0v) is 9.59. The molecule has 0 aliphatic heterocycles. The van der Waals surface area contributed by atoms with E-state index in [1.165, 1.54) is 16.5 Å². The molecule has 0 bridgehead atoms. The number of hydrogen-bond acceptors (Lipinski definition) is 5. The van der Waals surface area contributed by atoms with Crippen LogP contribution in [0.25, 0.3) is 17.0 Å². The van der Waals surface area contributed by atoms with Crippen LogP contribution in [-0.2, 0) is 0 Å². The van der Waals surface area contributed by atoms with Crippen molar-refractivity contribution in [3.05, 3.63) is 52.8 Å². The third-order valence-corrected chi connectivity index (χ3v) is 2.73. The summed E-state index contributed by atoms with van der Waals surface area (Å²) in [7, 11) is 0. The highest BCUT2D eigenvalue weighted by atomic mass is 16.6. The number of aromatic hydroxyl groups is 1. The first-order valence-corrected chi connectivity index (χ1v) is 5.43. The van der Waals surface area contributed by atoms with Crippen LogP contribution in [0.1, 0.15) is 0 Å². The van der Waals surface area contributed by atoms with E-state index < -0.39 is 4.92 Å². The minimum absolute atomic E-state index is 0.00914. The summed E-state index contributed by atoms with van der Waals surface area (Å²) in [4.78, 5) is 18.3. The maximum atomic E-state index is 10.6. The Morgan fingerprint density at radius 2 is 2.00 bits per heavy atom. The normalized spacial score (nSPS) is 10.7. The summed E-state index contributed by atoms with van der Waals surface area (Å²) < 4.78 is 1.44. The Kier molecular flexibility index (Phi) is 2.38. The van der Waals surface area contributed by atoms with Crippen LogP contribution in [0, 0.1) is 10.1 Å². The average Bonchev–Trinajstić information content (AvgIpc) is 2.77. The molecule has 0 radical (unpaired) electrons. The van der Waals surface area contributed by atoms with Gasteiger partial charge >= 0.3 is 0 Å². The third-order valence-electron chi connectivity index (χ3n) is 2.73. The van der Waals surface area contributed by atoms with E-state index in [0.29, 0.717) is 17.0 Å². The molecule has 94 valence electrons. The number of nitro groups is 1. The van der Waals surface area contributed by atoms with Gasteiger partial charge in [0.05, 0.1) is 4.92 Å². The average molecular weight is 256 g/mol.